The molecule has 2 heteroatoms. The fourth-order valence-corrected chi connectivity index (χ4v) is 5.23. The van der Waals surface area contributed by atoms with Crippen molar-refractivity contribution in [3.8, 4) is 0 Å². The molecule has 0 amide bonds. The van der Waals surface area contributed by atoms with Gasteiger partial charge in [0.2, 0.25) is 0 Å². The van der Waals surface area contributed by atoms with Gasteiger partial charge in [0.1, 0.15) is 0 Å². The third-order valence-electron chi connectivity index (χ3n) is 7.09. The van der Waals surface area contributed by atoms with E-state index in [9.17, 15) is 0 Å². The second-order valence-electron chi connectivity index (χ2n) is 9.05. The Morgan fingerprint density at radius 1 is 0.864 bits per heavy atom. The first-order valence-corrected chi connectivity index (χ1v) is 10.0. The molecule has 2 atom stereocenters. The van der Waals surface area contributed by atoms with Crippen molar-refractivity contribution in [2.75, 3.05) is 39.3 Å². The number of likely N-dealkylation sites (tertiary alicyclic amines) is 2. The first-order chi connectivity index (χ1) is 10.6. The molecule has 0 radical (unpaired) electrons. The van der Waals surface area contributed by atoms with E-state index in [2.05, 4.69) is 30.6 Å². The van der Waals surface area contributed by atoms with Crippen molar-refractivity contribution in [1.82, 2.24) is 9.80 Å². The van der Waals surface area contributed by atoms with Crippen molar-refractivity contribution in [2.24, 2.45) is 23.2 Å². The molecule has 0 N–H and O–H groups in total. The van der Waals surface area contributed by atoms with Crippen LogP contribution >= 0.6 is 0 Å². The number of rotatable bonds is 5. The van der Waals surface area contributed by atoms with E-state index in [1.807, 2.05) is 0 Å². The van der Waals surface area contributed by atoms with Gasteiger partial charge >= 0.3 is 0 Å². The normalized spacial score (nSPS) is 34.0. The standard InChI is InChI=1S/C20H38N2/c1-4-5-11-21-13-18-15-22(12-17-9-7-6-8-10-17)16-19(14-21)20(18,2)3/h17-19H,4-16H2,1-3H3/t18-,19+. The summed E-state index contributed by atoms with van der Waals surface area (Å²) >= 11 is 0. The van der Waals surface area contributed by atoms with Crippen LogP contribution in [0.3, 0.4) is 0 Å². The van der Waals surface area contributed by atoms with Crippen molar-refractivity contribution in [1.29, 1.82) is 0 Å². The van der Waals surface area contributed by atoms with E-state index in [4.69, 9.17) is 0 Å². The molecule has 2 bridgehead atoms. The topological polar surface area (TPSA) is 6.48 Å². The molecule has 3 aliphatic rings. The van der Waals surface area contributed by atoms with Crippen LogP contribution in [0.5, 0.6) is 0 Å². The number of piperidine rings is 2. The van der Waals surface area contributed by atoms with Crippen LogP contribution in [0.4, 0.5) is 0 Å². The Hall–Kier alpha value is -0.0800. The summed E-state index contributed by atoms with van der Waals surface area (Å²) in [6, 6.07) is 0. The van der Waals surface area contributed by atoms with Gasteiger partial charge in [-0.15, -0.1) is 0 Å². The fraction of sp³-hybridized carbons (Fsp3) is 1.00. The minimum Gasteiger partial charge on any atom is -0.303 e. The van der Waals surface area contributed by atoms with E-state index in [1.165, 1.54) is 84.2 Å². The molecule has 128 valence electrons. The third kappa shape index (κ3) is 3.70. The van der Waals surface area contributed by atoms with Crippen molar-refractivity contribution in [3.05, 3.63) is 0 Å². The molecule has 0 aromatic rings. The van der Waals surface area contributed by atoms with Gasteiger partial charge in [-0.2, -0.15) is 0 Å². The Kier molecular flexibility index (Phi) is 5.50. The molecule has 22 heavy (non-hydrogen) atoms. The van der Waals surface area contributed by atoms with Gasteiger partial charge in [-0.25, -0.2) is 0 Å². The van der Waals surface area contributed by atoms with E-state index in [0.717, 1.165) is 17.8 Å². The third-order valence-corrected chi connectivity index (χ3v) is 7.09. The van der Waals surface area contributed by atoms with Crippen LogP contribution < -0.4 is 0 Å². The maximum atomic E-state index is 2.85. The molecule has 2 nitrogen and oxygen atoms in total. The first kappa shape index (κ1) is 16.8. The number of nitrogens with zero attached hydrogens (tertiary/aromatic N) is 2. The van der Waals surface area contributed by atoms with Crippen LogP contribution in [-0.4, -0.2) is 49.1 Å². The van der Waals surface area contributed by atoms with Crippen LogP contribution in [0, 0.1) is 23.2 Å². The van der Waals surface area contributed by atoms with E-state index in [1.54, 1.807) is 0 Å². The summed E-state index contributed by atoms with van der Waals surface area (Å²) in [5.41, 5.74) is 0.561. The average molecular weight is 307 g/mol. The molecule has 2 saturated heterocycles. The van der Waals surface area contributed by atoms with Crippen LogP contribution in [0.15, 0.2) is 0 Å². The van der Waals surface area contributed by atoms with Gasteiger partial charge in [-0.3, -0.25) is 0 Å². The number of hydrogen-bond acceptors (Lipinski definition) is 2. The summed E-state index contributed by atoms with van der Waals surface area (Å²) < 4.78 is 0. The van der Waals surface area contributed by atoms with Crippen LogP contribution in [0.25, 0.3) is 0 Å². The monoisotopic (exact) mass is 306 g/mol. The number of hydrogen-bond donors (Lipinski definition) is 0. The second-order valence-corrected chi connectivity index (χ2v) is 9.05. The van der Waals surface area contributed by atoms with Crippen LogP contribution in [0.2, 0.25) is 0 Å². The maximum absolute atomic E-state index is 2.85. The van der Waals surface area contributed by atoms with Crippen molar-refractivity contribution >= 4 is 0 Å². The van der Waals surface area contributed by atoms with Gasteiger partial charge in [0.15, 0.2) is 0 Å². The van der Waals surface area contributed by atoms with Gasteiger partial charge in [0.05, 0.1) is 0 Å². The zero-order chi connectivity index (χ0) is 15.6. The van der Waals surface area contributed by atoms with Gasteiger partial charge in [-0.05, 0) is 49.0 Å². The van der Waals surface area contributed by atoms with Gasteiger partial charge in [0.25, 0.3) is 0 Å². The number of unbranched alkanes of at least 4 members (excludes halogenated alkanes) is 1. The predicted octanol–water partition coefficient (Wildman–Crippen LogP) is 4.26. The highest BCUT2D eigenvalue weighted by Gasteiger charge is 2.47. The zero-order valence-electron chi connectivity index (χ0n) is 15.3. The van der Waals surface area contributed by atoms with Crippen molar-refractivity contribution in [2.45, 2.75) is 65.7 Å². The Bertz CT molecular complexity index is 328. The zero-order valence-corrected chi connectivity index (χ0v) is 15.3. The minimum atomic E-state index is 0.561. The van der Waals surface area contributed by atoms with Crippen LogP contribution in [0.1, 0.15) is 65.7 Å². The molecule has 1 aliphatic carbocycles. The average Bonchev–Trinajstić information content (AvgIpc) is 2.48. The van der Waals surface area contributed by atoms with Crippen molar-refractivity contribution < 1.29 is 0 Å². The molecule has 2 heterocycles. The minimum absolute atomic E-state index is 0.561. The van der Waals surface area contributed by atoms with Gasteiger partial charge in [0, 0.05) is 32.7 Å². The van der Waals surface area contributed by atoms with Gasteiger partial charge < -0.3 is 9.80 Å². The molecule has 0 unspecified atom stereocenters. The molecule has 2 aliphatic heterocycles. The summed E-state index contributed by atoms with van der Waals surface area (Å²) in [6.45, 7) is 15.6. The van der Waals surface area contributed by atoms with E-state index >= 15 is 0 Å². The lowest BCUT2D eigenvalue weighted by Crippen LogP contribution is -2.61. The van der Waals surface area contributed by atoms with E-state index in [-0.39, 0.29) is 0 Å². The highest BCUT2D eigenvalue weighted by atomic mass is 15.2. The summed E-state index contributed by atoms with van der Waals surface area (Å²) in [7, 11) is 0. The molecular weight excluding hydrogens is 268 g/mol. The highest BCUT2D eigenvalue weighted by Crippen LogP contribution is 2.44. The fourth-order valence-electron chi connectivity index (χ4n) is 5.23. The summed E-state index contributed by atoms with van der Waals surface area (Å²) in [4.78, 5) is 5.63. The lowest BCUT2D eigenvalue weighted by atomic mass is 9.63. The molecule has 0 aromatic heterocycles. The van der Waals surface area contributed by atoms with Crippen molar-refractivity contribution in [3.63, 3.8) is 0 Å². The van der Waals surface area contributed by atoms with E-state index in [0.29, 0.717) is 5.41 Å². The Labute approximate surface area is 138 Å². The van der Waals surface area contributed by atoms with Gasteiger partial charge in [-0.1, -0.05) is 46.5 Å². The second kappa shape index (κ2) is 7.21. The molecule has 0 spiro atoms. The quantitative estimate of drug-likeness (QED) is 0.749. The molecule has 3 rings (SSSR count). The Morgan fingerprint density at radius 2 is 1.45 bits per heavy atom. The largest absolute Gasteiger partial charge is 0.303 e. The molecule has 1 saturated carbocycles. The molecular formula is C20H38N2. The lowest BCUT2D eigenvalue weighted by Gasteiger charge is -2.56. The summed E-state index contributed by atoms with van der Waals surface area (Å²) in [5, 5.41) is 0. The SMILES string of the molecule is CCCCN1C[C@@H]2CN(CC3CCCCC3)C[C@H](C1)C2(C)C. The maximum Gasteiger partial charge on any atom is 0.00274 e. The smallest absolute Gasteiger partial charge is 0.00274 e. The Morgan fingerprint density at radius 3 is 2.05 bits per heavy atom. The highest BCUT2D eigenvalue weighted by molar-refractivity contribution is 4.99. The van der Waals surface area contributed by atoms with E-state index < -0.39 is 0 Å². The summed E-state index contributed by atoms with van der Waals surface area (Å²) in [6.07, 6.45) is 10.2. The Balaban J connectivity index is 1.57. The molecule has 0 aromatic carbocycles. The summed E-state index contributed by atoms with van der Waals surface area (Å²) in [5.74, 6) is 2.78. The van der Waals surface area contributed by atoms with Crippen LogP contribution in [-0.2, 0) is 0 Å². The first-order valence-electron chi connectivity index (χ1n) is 10.0. The number of fused-ring (bicyclic) bond motifs is 2. The lowest BCUT2D eigenvalue weighted by molar-refractivity contribution is -0.0757. The molecule has 3 fully saturated rings. The predicted molar refractivity (Wildman–Crippen MR) is 95.1 cm³/mol.